The van der Waals surface area contributed by atoms with E-state index >= 15 is 0 Å². The molecule has 1 fully saturated rings. The number of carbonyl (C=O) groups is 1. The molecule has 1 amide bonds. The normalized spacial score (nSPS) is 21.2. The van der Waals surface area contributed by atoms with E-state index in [4.69, 9.17) is 32.2 Å². The number of benzene rings is 1. The van der Waals surface area contributed by atoms with E-state index in [1.54, 1.807) is 18.2 Å². The minimum atomic E-state index is -0.539. The topological polar surface area (TPSA) is 97.4 Å². The summed E-state index contributed by atoms with van der Waals surface area (Å²) in [5.74, 6) is 5.13. The molecule has 1 aromatic carbocycles. The van der Waals surface area contributed by atoms with E-state index in [0.29, 0.717) is 29.2 Å². The monoisotopic (exact) mass is 295 g/mol. The third-order valence-corrected chi connectivity index (χ3v) is 3.27. The largest absolute Gasteiger partial charge is 0.489 e. The standard InChI is InChI=1S/C13H14ClN3O3/c14-9-2-1-8(6-15)12(5-9)19-7-10-3-4-11(20-10)13(18)17-16/h1-2,5,10-11H,3-4,7,16H2,(H,17,18). The maximum atomic E-state index is 11.3. The predicted octanol–water partition coefficient (Wildman–Crippen LogP) is 1.13. The number of nitriles is 1. The fourth-order valence-corrected chi connectivity index (χ4v) is 2.17. The van der Waals surface area contributed by atoms with Crippen LogP contribution in [0.3, 0.4) is 0 Å². The van der Waals surface area contributed by atoms with Gasteiger partial charge < -0.3 is 9.47 Å². The second-order valence-corrected chi connectivity index (χ2v) is 4.83. The molecular formula is C13H14ClN3O3. The maximum Gasteiger partial charge on any atom is 0.263 e. The van der Waals surface area contributed by atoms with Crippen LogP contribution >= 0.6 is 11.6 Å². The SMILES string of the molecule is N#Cc1ccc(Cl)cc1OCC1CCC(C(=O)NN)O1. The number of ether oxygens (including phenoxy) is 2. The Morgan fingerprint density at radius 2 is 2.40 bits per heavy atom. The van der Waals surface area contributed by atoms with E-state index in [-0.39, 0.29) is 18.6 Å². The Kier molecular flexibility index (Phi) is 4.79. The second-order valence-electron chi connectivity index (χ2n) is 4.40. The lowest BCUT2D eigenvalue weighted by atomic mass is 10.2. The van der Waals surface area contributed by atoms with Gasteiger partial charge in [0.05, 0.1) is 11.7 Å². The Hall–Kier alpha value is -1.81. The van der Waals surface area contributed by atoms with Crippen LogP contribution in [0.5, 0.6) is 5.75 Å². The van der Waals surface area contributed by atoms with Crippen LogP contribution in [0.4, 0.5) is 0 Å². The summed E-state index contributed by atoms with van der Waals surface area (Å²) in [4.78, 5) is 11.3. The Morgan fingerprint density at radius 3 is 3.10 bits per heavy atom. The predicted molar refractivity (Wildman–Crippen MR) is 71.9 cm³/mol. The molecular weight excluding hydrogens is 282 g/mol. The molecule has 1 heterocycles. The molecule has 0 aliphatic carbocycles. The molecule has 6 nitrogen and oxygen atoms in total. The maximum absolute atomic E-state index is 11.3. The Labute approximate surface area is 121 Å². The number of carbonyl (C=O) groups excluding carboxylic acids is 1. The average Bonchev–Trinajstić information content (AvgIpc) is 2.93. The van der Waals surface area contributed by atoms with Gasteiger partial charge in [0.1, 0.15) is 24.5 Å². The Balaban J connectivity index is 1.92. The molecule has 106 valence electrons. The molecule has 0 bridgehead atoms. The van der Waals surface area contributed by atoms with Gasteiger partial charge in [0.25, 0.3) is 5.91 Å². The minimum Gasteiger partial charge on any atom is -0.489 e. The van der Waals surface area contributed by atoms with Gasteiger partial charge in [-0.05, 0) is 25.0 Å². The van der Waals surface area contributed by atoms with Gasteiger partial charge in [-0.1, -0.05) is 11.6 Å². The third kappa shape index (κ3) is 3.39. The van der Waals surface area contributed by atoms with Gasteiger partial charge in [0.15, 0.2) is 0 Å². The molecule has 2 rings (SSSR count). The smallest absolute Gasteiger partial charge is 0.263 e. The number of nitrogens with one attached hydrogen (secondary N) is 1. The molecule has 1 aromatic rings. The number of hydrazine groups is 1. The number of nitrogens with zero attached hydrogens (tertiary/aromatic N) is 1. The Morgan fingerprint density at radius 1 is 1.60 bits per heavy atom. The number of rotatable bonds is 4. The highest BCUT2D eigenvalue weighted by atomic mass is 35.5. The highest BCUT2D eigenvalue weighted by molar-refractivity contribution is 6.30. The van der Waals surface area contributed by atoms with Crippen molar-refractivity contribution in [3.8, 4) is 11.8 Å². The quantitative estimate of drug-likeness (QED) is 0.493. The third-order valence-electron chi connectivity index (χ3n) is 3.03. The first-order valence-electron chi connectivity index (χ1n) is 6.12. The molecule has 1 saturated heterocycles. The molecule has 20 heavy (non-hydrogen) atoms. The van der Waals surface area contributed by atoms with Crippen molar-refractivity contribution < 1.29 is 14.3 Å². The minimum absolute atomic E-state index is 0.206. The number of hydrogen-bond acceptors (Lipinski definition) is 5. The molecule has 2 atom stereocenters. The van der Waals surface area contributed by atoms with Crippen molar-refractivity contribution in [2.45, 2.75) is 25.0 Å². The first-order chi connectivity index (χ1) is 9.63. The lowest BCUT2D eigenvalue weighted by Gasteiger charge is -2.14. The van der Waals surface area contributed by atoms with Crippen LogP contribution in [-0.2, 0) is 9.53 Å². The van der Waals surface area contributed by atoms with Crippen molar-refractivity contribution in [1.29, 1.82) is 5.26 Å². The van der Waals surface area contributed by atoms with Gasteiger partial charge in [-0.25, -0.2) is 5.84 Å². The number of nitrogens with two attached hydrogens (primary N) is 1. The van der Waals surface area contributed by atoms with E-state index in [0.717, 1.165) is 0 Å². The highest BCUT2D eigenvalue weighted by Crippen LogP contribution is 2.25. The molecule has 0 spiro atoms. The van der Waals surface area contributed by atoms with Crippen LogP contribution in [-0.4, -0.2) is 24.7 Å². The van der Waals surface area contributed by atoms with Gasteiger partial charge in [0.2, 0.25) is 0 Å². The first kappa shape index (κ1) is 14.6. The van der Waals surface area contributed by atoms with Crippen LogP contribution < -0.4 is 16.0 Å². The zero-order valence-corrected chi connectivity index (χ0v) is 11.4. The molecule has 0 aromatic heterocycles. The van der Waals surface area contributed by atoms with Crippen molar-refractivity contribution in [1.82, 2.24) is 5.43 Å². The van der Waals surface area contributed by atoms with Gasteiger partial charge >= 0.3 is 0 Å². The first-order valence-corrected chi connectivity index (χ1v) is 6.50. The highest BCUT2D eigenvalue weighted by Gasteiger charge is 2.30. The molecule has 1 aliphatic rings. The fraction of sp³-hybridized carbons (Fsp3) is 0.385. The fourth-order valence-electron chi connectivity index (χ4n) is 2.00. The lowest BCUT2D eigenvalue weighted by molar-refractivity contribution is -0.132. The summed E-state index contributed by atoms with van der Waals surface area (Å²) < 4.78 is 11.1. The van der Waals surface area contributed by atoms with Crippen molar-refractivity contribution in [2.24, 2.45) is 5.84 Å². The van der Waals surface area contributed by atoms with Crippen LogP contribution in [0.25, 0.3) is 0 Å². The van der Waals surface area contributed by atoms with E-state index in [2.05, 4.69) is 5.43 Å². The van der Waals surface area contributed by atoms with Crippen LogP contribution in [0.2, 0.25) is 5.02 Å². The van der Waals surface area contributed by atoms with Crippen molar-refractivity contribution >= 4 is 17.5 Å². The molecule has 3 N–H and O–H groups in total. The van der Waals surface area contributed by atoms with Crippen LogP contribution in [0, 0.1) is 11.3 Å². The van der Waals surface area contributed by atoms with Crippen LogP contribution in [0.1, 0.15) is 18.4 Å². The average molecular weight is 296 g/mol. The number of hydrogen-bond donors (Lipinski definition) is 2. The van der Waals surface area contributed by atoms with Gasteiger partial charge in [-0.2, -0.15) is 5.26 Å². The molecule has 1 aliphatic heterocycles. The summed E-state index contributed by atoms with van der Waals surface area (Å²) in [6.07, 6.45) is 0.546. The zero-order valence-electron chi connectivity index (χ0n) is 10.6. The van der Waals surface area contributed by atoms with Crippen LogP contribution in [0.15, 0.2) is 18.2 Å². The summed E-state index contributed by atoms with van der Waals surface area (Å²) >= 11 is 5.87. The van der Waals surface area contributed by atoms with Gasteiger partial charge in [0, 0.05) is 11.1 Å². The molecule has 7 heteroatoms. The summed E-state index contributed by atoms with van der Waals surface area (Å²) in [5, 5.41) is 9.47. The zero-order chi connectivity index (χ0) is 14.5. The van der Waals surface area contributed by atoms with E-state index < -0.39 is 6.10 Å². The molecule has 0 saturated carbocycles. The molecule has 0 radical (unpaired) electrons. The lowest BCUT2D eigenvalue weighted by Crippen LogP contribution is -2.39. The van der Waals surface area contributed by atoms with Gasteiger partial charge in [-0.15, -0.1) is 0 Å². The van der Waals surface area contributed by atoms with Gasteiger partial charge in [-0.3, -0.25) is 10.2 Å². The summed E-state index contributed by atoms with van der Waals surface area (Å²) in [5.41, 5.74) is 2.47. The summed E-state index contributed by atoms with van der Waals surface area (Å²) in [6, 6.07) is 6.83. The van der Waals surface area contributed by atoms with E-state index in [1.165, 1.54) is 0 Å². The van der Waals surface area contributed by atoms with Crippen molar-refractivity contribution in [2.75, 3.05) is 6.61 Å². The summed E-state index contributed by atoms with van der Waals surface area (Å²) in [7, 11) is 0. The van der Waals surface area contributed by atoms with E-state index in [9.17, 15) is 4.79 Å². The van der Waals surface area contributed by atoms with E-state index in [1.807, 2.05) is 6.07 Å². The van der Waals surface area contributed by atoms with Crippen molar-refractivity contribution in [3.05, 3.63) is 28.8 Å². The molecule has 2 unspecified atom stereocenters. The summed E-state index contributed by atoms with van der Waals surface area (Å²) in [6.45, 7) is 0.253. The second kappa shape index (κ2) is 6.57. The number of halogens is 1. The number of amides is 1. The van der Waals surface area contributed by atoms with Crippen molar-refractivity contribution in [3.63, 3.8) is 0 Å². The Bertz CT molecular complexity index is 544.